The number of benzene rings is 1. The maximum atomic E-state index is 5.72. The molecule has 90 valence electrons. The van der Waals surface area contributed by atoms with Crippen molar-refractivity contribution in [2.75, 3.05) is 33.5 Å². The molecule has 1 rings (SSSR count). The number of halogens is 1. The Labute approximate surface area is 101 Å². The first kappa shape index (κ1) is 13.3. The number of hydrogen-bond acceptors (Lipinski definition) is 3. The molecule has 4 heteroatoms. The Balaban J connectivity index is 2.16. The van der Waals surface area contributed by atoms with Gasteiger partial charge in [-0.15, -0.1) is 11.6 Å². The van der Waals surface area contributed by atoms with E-state index in [9.17, 15) is 0 Å². The molecule has 0 bridgehead atoms. The molecule has 16 heavy (non-hydrogen) atoms. The third kappa shape index (κ3) is 5.35. The molecular formula is C12H17ClO3. The first-order chi connectivity index (χ1) is 7.86. The molecule has 0 atom stereocenters. The Morgan fingerprint density at radius 3 is 2.69 bits per heavy atom. The second-order valence-electron chi connectivity index (χ2n) is 3.23. The number of methoxy groups -OCH3 is 1. The van der Waals surface area contributed by atoms with E-state index in [1.807, 2.05) is 24.3 Å². The molecule has 0 aliphatic heterocycles. The molecule has 0 aliphatic carbocycles. The quantitative estimate of drug-likeness (QED) is 0.519. The lowest BCUT2D eigenvalue weighted by Gasteiger charge is -2.07. The fraction of sp³-hybridized carbons (Fsp3) is 0.500. The van der Waals surface area contributed by atoms with Gasteiger partial charge >= 0.3 is 0 Å². The van der Waals surface area contributed by atoms with Crippen molar-refractivity contribution in [1.29, 1.82) is 0 Å². The van der Waals surface area contributed by atoms with Crippen LogP contribution < -0.4 is 4.74 Å². The number of alkyl halides is 1. The summed E-state index contributed by atoms with van der Waals surface area (Å²) in [5.41, 5.74) is 1.06. The van der Waals surface area contributed by atoms with Gasteiger partial charge in [0.1, 0.15) is 12.4 Å². The first-order valence-electron chi connectivity index (χ1n) is 5.21. The molecule has 0 saturated carbocycles. The monoisotopic (exact) mass is 244 g/mol. The molecule has 1 aromatic carbocycles. The van der Waals surface area contributed by atoms with Crippen LogP contribution in [0.25, 0.3) is 0 Å². The highest BCUT2D eigenvalue weighted by Gasteiger charge is 1.96. The van der Waals surface area contributed by atoms with Crippen LogP contribution in [0.1, 0.15) is 5.56 Å². The van der Waals surface area contributed by atoms with Gasteiger partial charge in [0.25, 0.3) is 0 Å². The van der Waals surface area contributed by atoms with E-state index < -0.39 is 0 Å². The van der Waals surface area contributed by atoms with Crippen molar-refractivity contribution in [2.24, 2.45) is 0 Å². The van der Waals surface area contributed by atoms with Gasteiger partial charge < -0.3 is 14.2 Å². The van der Waals surface area contributed by atoms with E-state index in [0.29, 0.717) is 32.3 Å². The maximum absolute atomic E-state index is 5.72. The van der Waals surface area contributed by atoms with Crippen LogP contribution in [0, 0.1) is 0 Å². The van der Waals surface area contributed by atoms with Gasteiger partial charge in [0, 0.05) is 13.0 Å². The predicted molar refractivity (Wildman–Crippen MR) is 64.2 cm³/mol. The average Bonchev–Trinajstić information content (AvgIpc) is 2.34. The second kappa shape index (κ2) is 8.39. The van der Waals surface area contributed by atoms with Crippen LogP contribution >= 0.6 is 11.6 Å². The molecule has 0 N–H and O–H groups in total. The Morgan fingerprint density at radius 2 is 1.94 bits per heavy atom. The molecule has 0 unspecified atom stereocenters. The van der Waals surface area contributed by atoms with Crippen LogP contribution in [0.3, 0.4) is 0 Å². The van der Waals surface area contributed by atoms with Crippen LogP contribution in [0.4, 0.5) is 0 Å². The highest BCUT2D eigenvalue weighted by molar-refractivity contribution is 6.17. The molecule has 0 amide bonds. The van der Waals surface area contributed by atoms with E-state index in [2.05, 4.69) is 0 Å². The number of ether oxygens (including phenoxy) is 3. The van der Waals surface area contributed by atoms with Crippen molar-refractivity contribution in [1.82, 2.24) is 0 Å². The zero-order chi connectivity index (χ0) is 11.6. The largest absolute Gasteiger partial charge is 0.491 e. The molecule has 3 nitrogen and oxygen atoms in total. The molecule has 0 spiro atoms. The summed E-state index contributed by atoms with van der Waals surface area (Å²) in [7, 11) is 1.65. The minimum absolute atomic E-state index is 0.502. The van der Waals surface area contributed by atoms with Crippen molar-refractivity contribution in [3.8, 4) is 5.75 Å². The zero-order valence-electron chi connectivity index (χ0n) is 9.45. The third-order valence-electron chi connectivity index (χ3n) is 1.98. The molecule has 0 saturated heterocycles. The van der Waals surface area contributed by atoms with E-state index in [4.69, 9.17) is 25.8 Å². The third-order valence-corrected chi connectivity index (χ3v) is 2.29. The lowest BCUT2D eigenvalue weighted by Crippen LogP contribution is -2.10. The van der Waals surface area contributed by atoms with Crippen LogP contribution in [-0.4, -0.2) is 33.5 Å². The van der Waals surface area contributed by atoms with Gasteiger partial charge in [0.2, 0.25) is 0 Å². The van der Waals surface area contributed by atoms with E-state index >= 15 is 0 Å². The number of rotatable bonds is 8. The first-order valence-corrected chi connectivity index (χ1v) is 5.74. The van der Waals surface area contributed by atoms with Crippen LogP contribution in [0.5, 0.6) is 5.75 Å². The summed E-state index contributed by atoms with van der Waals surface area (Å²) in [6, 6.07) is 7.74. The van der Waals surface area contributed by atoms with Gasteiger partial charge in [-0.2, -0.15) is 0 Å². The normalized spacial score (nSPS) is 10.4. The summed E-state index contributed by atoms with van der Waals surface area (Å²) in [6.45, 7) is 2.31. The molecule has 0 radical (unpaired) electrons. The lowest BCUT2D eigenvalue weighted by molar-refractivity contribution is 0.0544. The maximum Gasteiger partial charge on any atom is 0.119 e. The highest BCUT2D eigenvalue weighted by atomic mass is 35.5. The molecule has 0 fully saturated rings. The fourth-order valence-electron chi connectivity index (χ4n) is 1.18. The SMILES string of the molecule is COCCOCCOc1cccc(CCl)c1. The molecule has 0 heterocycles. The fourth-order valence-corrected chi connectivity index (χ4v) is 1.35. The summed E-state index contributed by atoms with van der Waals surface area (Å²) in [5.74, 6) is 1.33. The lowest BCUT2D eigenvalue weighted by atomic mass is 10.2. The van der Waals surface area contributed by atoms with Gasteiger partial charge in [-0.3, -0.25) is 0 Å². The van der Waals surface area contributed by atoms with Crippen LogP contribution in [-0.2, 0) is 15.4 Å². The summed E-state index contributed by atoms with van der Waals surface area (Å²) < 4.78 is 15.6. The van der Waals surface area contributed by atoms with E-state index in [-0.39, 0.29) is 0 Å². The molecule has 0 aromatic heterocycles. The van der Waals surface area contributed by atoms with Crippen LogP contribution in [0.15, 0.2) is 24.3 Å². The zero-order valence-corrected chi connectivity index (χ0v) is 10.2. The second-order valence-corrected chi connectivity index (χ2v) is 3.50. The average molecular weight is 245 g/mol. The van der Waals surface area contributed by atoms with E-state index in [1.165, 1.54) is 0 Å². The van der Waals surface area contributed by atoms with Gasteiger partial charge in [-0.25, -0.2) is 0 Å². The van der Waals surface area contributed by atoms with E-state index in [0.717, 1.165) is 11.3 Å². The standard InChI is InChI=1S/C12H17ClO3/c1-14-5-6-15-7-8-16-12-4-2-3-11(9-12)10-13/h2-4,9H,5-8,10H2,1H3. The molecule has 0 aliphatic rings. The Hall–Kier alpha value is -0.770. The van der Waals surface area contributed by atoms with Crippen molar-refractivity contribution < 1.29 is 14.2 Å². The van der Waals surface area contributed by atoms with Gasteiger partial charge in [-0.1, -0.05) is 12.1 Å². The minimum atomic E-state index is 0.502. The number of hydrogen-bond donors (Lipinski definition) is 0. The summed E-state index contributed by atoms with van der Waals surface area (Å²) in [4.78, 5) is 0. The van der Waals surface area contributed by atoms with Gasteiger partial charge in [-0.05, 0) is 17.7 Å². The Morgan fingerprint density at radius 1 is 1.12 bits per heavy atom. The van der Waals surface area contributed by atoms with Gasteiger partial charge in [0.15, 0.2) is 0 Å². The summed E-state index contributed by atoms with van der Waals surface area (Å²) >= 11 is 5.72. The Kier molecular flexibility index (Phi) is 6.97. The van der Waals surface area contributed by atoms with Crippen molar-refractivity contribution >= 4 is 11.6 Å². The molecular weight excluding hydrogens is 228 g/mol. The summed E-state index contributed by atoms with van der Waals surface area (Å²) in [6.07, 6.45) is 0. The Bertz CT molecular complexity index is 291. The van der Waals surface area contributed by atoms with Gasteiger partial charge in [0.05, 0.1) is 19.8 Å². The molecule has 1 aromatic rings. The highest BCUT2D eigenvalue weighted by Crippen LogP contribution is 2.14. The van der Waals surface area contributed by atoms with E-state index in [1.54, 1.807) is 7.11 Å². The predicted octanol–water partition coefficient (Wildman–Crippen LogP) is 2.47. The smallest absolute Gasteiger partial charge is 0.119 e. The van der Waals surface area contributed by atoms with Crippen molar-refractivity contribution in [3.63, 3.8) is 0 Å². The van der Waals surface area contributed by atoms with Crippen molar-refractivity contribution in [2.45, 2.75) is 5.88 Å². The van der Waals surface area contributed by atoms with Crippen LogP contribution in [0.2, 0.25) is 0 Å². The van der Waals surface area contributed by atoms with Crippen molar-refractivity contribution in [3.05, 3.63) is 29.8 Å². The topological polar surface area (TPSA) is 27.7 Å². The minimum Gasteiger partial charge on any atom is -0.491 e. The summed E-state index contributed by atoms with van der Waals surface area (Å²) in [5, 5.41) is 0.